The number of hydrogen-bond acceptors (Lipinski definition) is 4. The molecule has 0 N–H and O–H groups in total. The Morgan fingerprint density at radius 2 is 2.16 bits per heavy atom. The summed E-state index contributed by atoms with van der Waals surface area (Å²) in [4.78, 5) is 21.7. The average molecular weight is 359 g/mol. The summed E-state index contributed by atoms with van der Waals surface area (Å²) in [5.74, 6) is 0.179. The molecule has 0 unspecified atom stereocenters. The largest absolute Gasteiger partial charge is 0.344 e. The van der Waals surface area contributed by atoms with E-state index in [0.29, 0.717) is 11.5 Å². The zero-order chi connectivity index (χ0) is 17.6. The predicted octanol–water partition coefficient (Wildman–Crippen LogP) is 2.92. The third-order valence-corrected chi connectivity index (χ3v) is 6.95. The first-order valence-corrected chi connectivity index (χ1v) is 9.88. The monoisotopic (exact) mass is 358 g/mol. The first kappa shape index (κ1) is 16.8. The van der Waals surface area contributed by atoms with Gasteiger partial charge in [0.05, 0.1) is 6.54 Å². The van der Waals surface area contributed by atoms with Gasteiger partial charge in [0.15, 0.2) is 0 Å². The first-order chi connectivity index (χ1) is 12.0. The molecule has 2 aromatic heterocycles. The number of piperidine rings is 1. The summed E-state index contributed by atoms with van der Waals surface area (Å²) in [5.41, 5.74) is 2.36. The number of nitrogens with zero attached hydrogens (tertiary/aromatic N) is 4. The minimum Gasteiger partial charge on any atom is -0.344 e. The van der Waals surface area contributed by atoms with Crippen LogP contribution in [-0.2, 0) is 13.6 Å². The van der Waals surface area contributed by atoms with Crippen LogP contribution in [0.4, 0.5) is 0 Å². The molecule has 4 rings (SSSR count). The molecule has 134 valence electrons. The van der Waals surface area contributed by atoms with Gasteiger partial charge in [-0.25, -0.2) is 4.98 Å². The highest BCUT2D eigenvalue weighted by molar-refractivity contribution is 7.09. The predicted molar refractivity (Wildman–Crippen MR) is 99.7 cm³/mol. The van der Waals surface area contributed by atoms with Crippen LogP contribution in [-0.4, -0.2) is 51.4 Å². The second-order valence-corrected chi connectivity index (χ2v) is 8.61. The molecule has 6 heteroatoms. The number of amides is 1. The van der Waals surface area contributed by atoms with Crippen LogP contribution in [0.5, 0.6) is 0 Å². The van der Waals surface area contributed by atoms with Crippen LogP contribution in [0.15, 0.2) is 23.7 Å². The number of hydrogen-bond donors (Lipinski definition) is 0. The van der Waals surface area contributed by atoms with Gasteiger partial charge in [-0.05, 0) is 50.8 Å². The van der Waals surface area contributed by atoms with E-state index in [1.54, 1.807) is 11.3 Å². The van der Waals surface area contributed by atoms with Gasteiger partial charge in [-0.2, -0.15) is 0 Å². The Balaban J connectivity index is 1.34. The number of rotatable bonds is 4. The number of aryl methyl sites for hydroxylation is 1. The molecule has 1 spiro atoms. The Morgan fingerprint density at radius 3 is 2.76 bits per heavy atom. The summed E-state index contributed by atoms with van der Waals surface area (Å²) in [6.45, 7) is 4.74. The molecule has 5 nitrogen and oxygen atoms in total. The van der Waals surface area contributed by atoms with Crippen molar-refractivity contribution in [3.8, 4) is 0 Å². The van der Waals surface area contributed by atoms with E-state index < -0.39 is 0 Å². The highest BCUT2D eigenvalue weighted by atomic mass is 32.1. The van der Waals surface area contributed by atoms with Crippen molar-refractivity contribution in [2.75, 3.05) is 20.1 Å². The lowest BCUT2D eigenvalue weighted by atomic mass is 9.92. The van der Waals surface area contributed by atoms with E-state index in [9.17, 15) is 4.79 Å². The van der Waals surface area contributed by atoms with Crippen molar-refractivity contribution in [2.45, 2.75) is 38.8 Å². The number of carbonyl (C=O) groups is 1. The fraction of sp³-hybridized carbons (Fsp3) is 0.579. The maximum absolute atomic E-state index is 12.8. The first-order valence-electron chi connectivity index (χ1n) is 9.00. The minimum absolute atomic E-state index is 0.179. The van der Waals surface area contributed by atoms with Crippen molar-refractivity contribution < 1.29 is 4.79 Å². The summed E-state index contributed by atoms with van der Waals surface area (Å²) in [7, 11) is 4.18. The topological polar surface area (TPSA) is 41.4 Å². The standard InChI is InChI=1S/C19H26N4OS/c1-14-4-5-15(22(14)3)18(24)23-9-6-19(7-10-23)12-16(19)21(2)13-17-20-8-11-25-17/h4-5,8,11,16H,6-7,9-10,12-13H2,1-3H3/t16-/m1/s1. The van der Waals surface area contributed by atoms with Gasteiger partial charge in [0.2, 0.25) is 0 Å². The van der Waals surface area contributed by atoms with Crippen molar-refractivity contribution in [3.63, 3.8) is 0 Å². The number of likely N-dealkylation sites (tertiary alicyclic amines) is 1. The van der Waals surface area contributed by atoms with E-state index in [-0.39, 0.29) is 5.91 Å². The van der Waals surface area contributed by atoms with E-state index in [4.69, 9.17) is 0 Å². The van der Waals surface area contributed by atoms with Crippen molar-refractivity contribution in [1.82, 2.24) is 19.4 Å². The molecule has 1 atom stereocenters. The number of aromatic nitrogens is 2. The molecule has 1 saturated carbocycles. The van der Waals surface area contributed by atoms with Gasteiger partial charge in [-0.15, -0.1) is 11.3 Å². The molecule has 1 amide bonds. The van der Waals surface area contributed by atoms with E-state index >= 15 is 0 Å². The van der Waals surface area contributed by atoms with Crippen LogP contribution in [0.2, 0.25) is 0 Å². The number of thiazole rings is 1. The van der Waals surface area contributed by atoms with E-state index in [1.807, 2.05) is 47.1 Å². The summed E-state index contributed by atoms with van der Waals surface area (Å²) in [6.07, 6.45) is 5.39. The van der Waals surface area contributed by atoms with Gasteiger partial charge in [-0.1, -0.05) is 0 Å². The molecule has 2 fully saturated rings. The van der Waals surface area contributed by atoms with Crippen molar-refractivity contribution in [2.24, 2.45) is 12.5 Å². The summed E-state index contributed by atoms with van der Waals surface area (Å²) in [5, 5.41) is 3.23. The highest BCUT2D eigenvalue weighted by Gasteiger charge is 2.56. The van der Waals surface area contributed by atoms with Crippen LogP contribution < -0.4 is 0 Å². The molecule has 0 radical (unpaired) electrons. The molecule has 0 bridgehead atoms. The molecule has 2 aromatic rings. The second kappa shape index (κ2) is 6.25. The Hall–Kier alpha value is -1.66. The van der Waals surface area contributed by atoms with Gasteiger partial charge in [0.1, 0.15) is 10.7 Å². The van der Waals surface area contributed by atoms with Gasteiger partial charge in [0.25, 0.3) is 5.91 Å². The number of carbonyl (C=O) groups excluding carboxylic acids is 1. The fourth-order valence-electron chi connectivity index (χ4n) is 4.29. The molecule has 3 heterocycles. The van der Waals surface area contributed by atoms with Crippen LogP contribution in [0, 0.1) is 12.3 Å². The molecule has 1 saturated heterocycles. The molecular formula is C19H26N4OS. The Kier molecular flexibility index (Phi) is 4.20. The van der Waals surface area contributed by atoms with Gasteiger partial charge in [-0.3, -0.25) is 9.69 Å². The van der Waals surface area contributed by atoms with Gasteiger partial charge >= 0.3 is 0 Å². The Labute approximate surface area is 153 Å². The van der Waals surface area contributed by atoms with E-state index in [1.165, 1.54) is 11.4 Å². The van der Waals surface area contributed by atoms with Crippen LogP contribution in [0.25, 0.3) is 0 Å². The molecule has 0 aromatic carbocycles. The SMILES string of the molecule is Cc1ccc(C(=O)N2CCC3(CC2)C[C@H]3N(C)Cc2nccs2)n1C. The van der Waals surface area contributed by atoms with Gasteiger partial charge < -0.3 is 9.47 Å². The lowest BCUT2D eigenvalue weighted by molar-refractivity contribution is 0.0648. The molecule has 2 aliphatic rings. The maximum Gasteiger partial charge on any atom is 0.270 e. The quantitative estimate of drug-likeness (QED) is 0.844. The smallest absolute Gasteiger partial charge is 0.270 e. The lowest BCUT2D eigenvalue weighted by Crippen LogP contribution is -2.41. The van der Waals surface area contributed by atoms with Crippen LogP contribution in [0.3, 0.4) is 0 Å². The second-order valence-electron chi connectivity index (χ2n) is 7.63. The van der Waals surface area contributed by atoms with Crippen molar-refractivity contribution in [1.29, 1.82) is 0 Å². The van der Waals surface area contributed by atoms with Crippen molar-refractivity contribution >= 4 is 17.2 Å². The fourth-order valence-corrected chi connectivity index (χ4v) is 4.97. The van der Waals surface area contributed by atoms with E-state index in [2.05, 4.69) is 16.9 Å². The molecular weight excluding hydrogens is 332 g/mol. The average Bonchev–Trinajstić information content (AvgIpc) is 2.92. The zero-order valence-corrected chi connectivity index (χ0v) is 16.1. The van der Waals surface area contributed by atoms with E-state index in [0.717, 1.165) is 43.9 Å². The zero-order valence-electron chi connectivity index (χ0n) is 15.2. The third-order valence-electron chi connectivity index (χ3n) is 6.19. The third kappa shape index (κ3) is 3.02. The Morgan fingerprint density at radius 1 is 1.40 bits per heavy atom. The van der Waals surface area contributed by atoms with Crippen LogP contribution >= 0.6 is 11.3 Å². The van der Waals surface area contributed by atoms with Crippen LogP contribution in [0.1, 0.15) is 40.5 Å². The Bertz CT molecular complexity index is 758. The minimum atomic E-state index is 0.179. The van der Waals surface area contributed by atoms with Crippen molar-refractivity contribution in [3.05, 3.63) is 40.1 Å². The highest BCUT2D eigenvalue weighted by Crippen LogP contribution is 2.56. The summed E-state index contributed by atoms with van der Waals surface area (Å²) >= 11 is 1.73. The molecule has 1 aliphatic carbocycles. The van der Waals surface area contributed by atoms with Gasteiger partial charge in [0, 0.05) is 43.4 Å². The summed E-state index contributed by atoms with van der Waals surface area (Å²) in [6, 6.07) is 4.61. The summed E-state index contributed by atoms with van der Waals surface area (Å²) < 4.78 is 1.99. The maximum atomic E-state index is 12.8. The molecule has 1 aliphatic heterocycles. The normalized spacial score (nSPS) is 21.9. The molecule has 25 heavy (non-hydrogen) atoms. The lowest BCUT2D eigenvalue weighted by Gasteiger charge is -2.34.